The van der Waals surface area contributed by atoms with Gasteiger partial charge in [0, 0.05) is 0 Å². The van der Waals surface area contributed by atoms with E-state index in [1.165, 1.54) is 22.3 Å². The van der Waals surface area contributed by atoms with E-state index in [0.717, 1.165) is 11.1 Å². The van der Waals surface area contributed by atoms with E-state index in [2.05, 4.69) is 119 Å². The Morgan fingerprint density at radius 3 is 0.941 bits per heavy atom. The Bertz CT molecular complexity index is 857. The van der Waals surface area contributed by atoms with Gasteiger partial charge >= 0.3 is 6.16 Å². The van der Waals surface area contributed by atoms with Gasteiger partial charge in [0.1, 0.15) is 13.2 Å². The third-order valence-corrected chi connectivity index (χ3v) is 6.16. The molecule has 0 saturated heterocycles. The lowest BCUT2D eigenvalue weighted by atomic mass is 9.79. The summed E-state index contributed by atoms with van der Waals surface area (Å²) in [5.41, 5.74) is 6.97. The molecule has 34 heavy (non-hydrogen) atoms. The van der Waals surface area contributed by atoms with Crippen LogP contribution in [0.1, 0.15) is 116 Å². The maximum absolute atomic E-state index is 12.5. The first-order valence-corrected chi connectivity index (χ1v) is 12.4. The SMILES string of the molecule is CC(C)(C)c1cc(COC(=O)OCc2cc(C(C)(C)C)cc(C(C)(C)C)c2)cc(C(C)(C)C)c1. The number of ether oxygens (including phenoxy) is 2. The third kappa shape index (κ3) is 7.89. The molecule has 0 fully saturated rings. The zero-order valence-corrected chi connectivity index (χ0v) is 23.6. The van der Waals surface area contributed by atoms with Crippen molar-refractivity contribution in [1.82, 2.24) is 0 Å². The van der Waals surface area contributed by atoms with Crippen LogP contribution >= 0.6 is 0 Å². The Balaban J connectivity index is 2.15. The topological polar surface area (TPSA) is 35.5 Å². The average Bonchev–Trinajstić information content (AvgIpc) is 2.67. The van der Waals surface area contributed by atoms with Gasteiger partial charge in [0.15, 0.2) is 0 Å². The highest BCUT2D eigenvalue weighted by atomic mass is 16.7. The summed E-state index contributed by atoms with van der Waals surface area (Å²) in [5, 5.41) is 0. The maximum Gasteiger partial charge on any atom is 0.508 e. The van der Waals surface area contributed by atoms with Crippen LogP contribution in [0.3, 0.4) is 0 Å². The minimum Gasteiger partial charge on any atom is -0.429 e. The Hall–Kier alpha value is -2.29. The molecule has 2 aromatic rings. The third-order valence-electron chi connectivity index (χ3n) is 6.16. The summed E-state index contributed by atoms with van der Waals surface area (Å²) in [4.78, 5) is 12.5. The van der Waals surface area contributed by atoms with Gasteiger partial charge in [-0.15, -0.1) is 0 Å². The fraction of sp³-hybridized carbons (Fsp3) is 0.581. The number of carbonyl (C=O) groups is 1. The minimum atomic E-state index is -0.642. The molecule has 0 atom stereocenters. The van der Waals surface area contributed by atoms with Crippen molar-refractivity contribution in [3.05, 3.63) is 69.8 Å². The Morgan fingerprint density at radius 1 is 0.500 bits per heavy atom. The van der Waals surface area contributed by atoms with Crippen molar-refractivity contribution in [2.24, 2.45) is 0 Å². The summed E-state index contributed by atoms with van der Waals surface area (Å²) in [7, 11) is 0. The van der Waals surface area contributed by atoms with Crippen LogP contribution in [0.25, 0.3) is 0 Å². The molecule has 188 valence electrons. The van der Waals surface area contributed by atoms with E-state index in [1.54, 1.807) is 0 Å². The lowest BCUT2D eigenvalue weighted by Crippen LogP contribution is -2.18. The highest BCUT2D eigenvalue weighted by Crippen LogP contribution is 2.32. The number of hydrogen-bond donors (Lipinski definition) is 0. The molecule has 0 amide bonds. The summed E-state index contributed by atoms with van der Waals surface area (Å²) in [6, 6.07) is 13.0. The molecule has 0 aliphatic rings. The summed E-state index contributed by atoms with van der Waals surface area (Å²) >= 11 is 0. The van der Waals surface area contributed by atoms with Gasteiger partial charge in [0.05, 0.1) is 0 Å². The molecule has 3 heteroatoms. The summed E-state index contributed by atoms with van der Waals surface area (Å²) in [5.74, 6) is 0. The van der Waals surface area contributed by atoms with Crippen molar-refractivity contribution < 1.29 is 14.3 Å². The Morgan fingerprint density at radius 2 is 0.735 bits per heavy atom. The van der Waals surface area contributed by atoms with Crippen LogP contribution in [0.2, 0.25) is 0 Å². The van der Waals surface area contributed by atoms with Gasteiger partial charge in [-0.05, 0) is 55.0 Å². The van der Waals surface area contributed by atoms with Crippen LogP contribution in [0.4, 0.5) is 4.79 Å². The maximum atomic E-state index is 12.5. The number of benzene rings is 2. The average molecular weight is 467 g/mol. The fourth-order valence-electron chi connectivity index (χ4n) is 3.61. The molecular weight excluding hydrogens is 420 g/mol. The zero-order valence-electron chi connectivity index (χ0n) is 23.6. The normalized spacial score (nSPS) is 13.1. The van der Waals surface area contributed by atoms with E-state index < -0.39 is 6.16 Å². The highest BCUT2D eigenvalue weighted by molar-refractivity contribution is 5.60. The fourth-order valence-corrected chi connectivity index (χ4v) is 3.61. The first-order valence-electron chi connectivity index (χ1n) is 12.4. The molecule has 0 radical (unpaired) electrons. The molecule has 0 N–H and O–H groups in total. The van der Waals surface area contributed by atoms with E-state index in [-0.39, 0.29) is 34.9 Å². The largest absolute Gasteiger partial charge is 0.508 e. The van der Waals surface area contributed by atoms with Gasteiger partial charge in [-0.25, -0.2) is 4.79 Å². The molecule has 0 aromatic heterocycles. The van der Waals surface area contributed by atoms with Crippen LogP contribution < -0.4 is 0 Å². The second kappa shape index (κ2) is 9.76. The second-order valence-corrected chi connectivity index (χ2v) is 13.7. The van der Waals surface area contributed by atoms with Crippen molar-refractivity contribution in [3.8, 4) is 0 Å². The van der Waals surface area contributed by atoms with E-state index in [9.17, 15) is 4.79 Å². The molecule has 3 nitrogen and oxygen atoms in total. The molecule has 2 aromatic carbocycles. The smallest absolute Gasteiger partial charge is 0.429 e. The standard InChI is InChI=1S/C31H46O3/c1-28(2,3)23-13-21(14-24(17-23)29(4,5)6)19-33-27(32)34-20-22-15-25(30(7,8)9)18-26(16-22)31(10,11)12/h13-18H,19-20H2,1-12H3. The van der Waals surface area contributed by atoms with E-state index in [0.29, 0.717) is 0 Å². The highest BCUT2D eigenvalue weighted by Gasteiger charge is 2.22. The van der Waals surface area contributed by atoms with Gasteiger partial charge in [-0.1, -0.05) is 119 Å². The molecular formula is C31H46O3. The van der Waals surface area contributed by atoms with E-state index in [4.69, 9.17) is 9.47 Å². The van der Waals surface area contributed by atoms with Gasteiger partial charge < -0.3 is 9.47 Å². The quantitative estimate of drug-likeness (QED) is 0.423. The van der Waals surface area contributed by atoms with Crippen molar-refractivity contribution in [2.75, 3.05) is 0 Å². The molecule has 0 bridgehead atoms. The molecule has 0 saturated carbocycles. The van der Waals surface area contributed by atoms with Crippen LogP contribution in [-0.2, 0) is 44.3 Å². The number of hydrogen-bond acceptors (Lipinski definition) is 3. The summed E-state index contributed by atoms with van der Waals surface area (Å²) in [6.07, 6.45) is -0.642. The van der Waals surface area contributed by atoms with Gasteiger partial charge in [0.2, 0.25) is 0 Å². The van der Waals surface area contributed by atoms with Crippen LogP contribution in [0.5, 0.6) is 0 Å². The van der Waals surface area contributed by atoms with Crippen molar-refractivity contribution in [3.63, 3.8) is 0 Å². The summed E-state index contributed by atoms with van der Waals surface area (Å²) in [6.45, 7) is 26.8. The Labute approximate surface area is 208 Å². The molecule has 2 rings (SSSR count). The van der Waals surface area contributed by atoms with Crippen molar-refractivity contribution >= 4 is 6.16 Å². The number of carbonyl (C=O) groups excluding carboxylic acids is 1. The lowest BCUT2D eigenvalue weighted by Gasteiger charge is -2.26. The van der Waals surface area contributed by atoms with Crippen LogP contribution in [0.15, 0.2) is 36.4 Å². The van der Waals surface area contributed by atoms with Gasteiger partial charge in [-0.3, -0.25) is 0 Å². The second-order valence-electron chi connectivity index (χ2n) is 13.7. The molecule has 0 aliphatic heterocycles. The first kappa shape index (κ1) is 28.0. The number of rotatable bonds is 4. The molecule has 0 unspecified atom stereocenters. The molecule has 0 heterocycles. The lowest BCUT2D eigenvalue weighted by molar-refractivity contribution is 0.0445. The van der Waals surface area contributed by atoms with E-state index >= 15 is 0 Å². The molecule has 0 spiro atoms. The molecule has 0 aliphatic carbocycles. The van der Waals surface area contributed by atoms with Crippen molar-refractivity contribution in [1.29, 1.82) is 0 Å². The van der Waals surface area contributed by atoms with Crippen molar-refractivity contribution in [2.45, 2.75) is 118 Å². The van der Waals surface area contributed by atoms with Gasteiger partial charge in [0.25, 0.3) is 0 Å². The van der Waals surface area contributed by atoms with E-state index in [1.807, 2.05) is 0 Å². The Kier molecular flexibility index (Phi) is 8.02. The van der Waals surface area contributed by atoms with Crippen LogP contribution in [0, 0.1) is 0 Å². The van der Waals surface area contributed by atoms with Crippen LogP contribution in [-0.4, -0.2) is 6.16 Å². The predicted octanol–water partition coefficient (Wildman–Crippen LogP) is 8.73. The first-order chi connectivity index (χ1) is 15.3. The summed E-state index contributed by atoms with van der Waals surface area (Å²) < 4.78 is 11.0. The predicted molar refractivity (Wildman–Crippen MR) is 143 cm³/mol. The monoisotopic (exact) mass is 466 g/mol. The minimum absolute atomic E-state index is 0.0132. The zero-order chi connectivity index (χ0) is 26.1. The van der Waals surface area contributed by atoms with Gasteiger partial charge in [-0.2, -0.15) is 0 Å².